The Morgan fingerprint density at radius 1 is 1.04 bits per heavy atom. The zero-order valence-electron chi connectivity index (χ0n) is 13.4. The molecule has 2 aromatic carbocycles. The van der Waals surface area contributed by atoms with Crippen LogP contribution < -0.4 is 5.32 Å². The highest BCUT2D eigenvalue weighted by Crippen LogP contribution is 2.26. The molecule has 0 amide bonds. The van der Waals surface area contributed by atoms with E-state index >= 15 is 0 Å². The first-order chi connectivity index (χ1) is 11.3. The number of anilines is 1. The molecule has 118 valence electrons. The fourth-order valence-corrected chi connectivity index (χ4v) is 2.98. The molecule has 2 N–H and O–H groups in total. The standard InChI is InChI=1S/C20H22N2O/c1-15-6-5-9-18-19(10-12-21-20(15)18)22-14-17(11-13-23)16-7-3-2-4-8-16/h2-10,12,17,23H,11,13-14H2,1H3,(H,21,22). The van der Waals surface area contributed by atoms with Gasteiger partial charge in [-0.2, -0.15) is 0 Å². The van der Waals surface area contributed by atoms with Crippen LogP contribution in [0.5, 0.6) is 0 Å². The predicted molar refractivity (Wildman–Crippen MR) is 95.9 cm³/mol. The van der Waals surface area contributed by atoms with Crippen molar-refractivity contribution in [2.45, 2.75) is 19.3 Å². The Labute approximate surface area is 137 Å². The van der Waals surface area contributed by atoms with E-state index in [9.17, 15) is 5.11 Å². The smallest absolute Gasteiger partial charge is 0.0751 e. The number of benzene rings is 2. The molecule has 23 heavy (non-hydrogen) atoms. The van der Waals surface area contributed by atoms with Crippen molar-refractivity contribution in [2.75, 3.05) is 18.5 Å². The highest BCUT2D eigenvalue weighted by Gasteiger charge is 2.11. The molecular formula is C20H22N2O. The largest absolute Gasteiger partial charge is 0.396 e. The molecule has 0 aliphatic heterocycles. The number of para-hydroxylation sites is 1. The number of aromatic nitrogens is 1. The summed E-state index contributed by atoms with van der Waals surface area (Å²) in [5.41, 5.74) is 4.57. The topological polar surface area (TPSA) is 45.1 Å². The van der Waals surface area contributed by atoms with Gasteiger partial charge in [-0.1, -0.05) is 48.5 Å². The second-order valence-electron chi connectivity index (χ2n) is 5.83. The number of nitrogens with one attached hydrogen (secondary N) is 1. The van der Waals surface area contributed by atoms with E-state index in [0.29, 0.717) is 0 Å². The number of rotatable bonds is 6. The van der Waals surface area contributed by atoms with Gasteiger partial charge in [-0.25, -0.2) is 0 Å². The summed E-state index contributed by atoms with van der Waals surface area (Å²) in [5.74, 6) is 0.286. The van der Waals surface area contributed by atoms with Crippen LogP contribution in [-0.2, 0) is 0 Å². The van der Waals surface area contributed by atoms with Gasteiger partial charge in [0.25, 0.3) is 0 Å². The van der Waals surface area contributed by atoms with Gasteiger partial charge in [0.2, 0.25) is 0 Å². The first kappa shape index (κ1) is 15.5. The normalized spacial score (nSPS) is 12.3. The molecular weight excluding hydrogens is 284 g/mol. The van der Waals surface area contributed by atoms with Crippen LogP contribution in [0, 0.1) is 6.92 Å². The first-order valence-electron chi connectivity index (χ1n) is 8.03. The molecule has 0 aliphatic rings. The summed E-state index contributed by atoms with van der Waals surface area (Å²) in [6.07, 6.45) is 2.60. The quantitative estimate of drug-likeness (QED) is 0.720. The Hall–Kier alpha value is -2.39. The van der Waals surface area contributed by atoms with Gasteiger partial charge in [-0.15, -0.1) is 0 Å². The molecule has 0 fully saturated rings. The summed E-state index contributed by atoms with van der Waals surface area (Å²) >= 11 is 0. The molecule has 3 heteroatoms. The Kier molecular flexibility index (Phi) is 4.89. The van der Waals surface area contributed by atoms with Crippen LogP contribution in [0.4, 0.5) is 5.69 Å². The molecule has 0 aliphatic carbocycles. The third kappa shape index (κ3) is 3.51. The van der Waals surface area contributed by atoms with Crippen molar-refractivity contribution in [3.63, 3.8) is 0 Å². The molecule has 0 radical (unpaired) electrons. The minimum atomic E-state index is 0.192. The summed E-state index contributed by atoms with van der Waals surface area (Å²) in [5, 5.41) is 14.1. The van der Waals surface area contributed by atoms with Gasteiger partial charge in [0.15, 0.2) is 0 Å². The van der Waals surface area contributed by atoms with E-state index < -0.39 is 0 Å². The van der Waals surface area contributed by atoms with Gasteiger partial charge in [0, 0.05) is 36.3 Å². The molecule has 0 saturated carbocycles. The molecule has 0 spiro atoms. The average Bonchev–Trinajstić information content (AvgIpc) is 2.60. The number of aryl methyl sites for hydroxylation is 1. The zero-order chi connectivity index (χ0) is 16.1. The lowest BCUT2D eigenvalue weighted by Gasteiger charge is -2.19. The average molecular weight is 306 g/mol. The highest BCUT2D eigenvalue weighted by atomic mass is 16.3. The van der Waals surface area contributed by atoms with Gasteiger partial charge < -0.3 is 10.4 Å². The van der Waals surface area contributed by atoms with Gasteiger partial charge in [-0.05, 0) is 30.5 Å². The van der Waals surface area contributed by atoms with Crippen molar-refractivity contribution in [1.29, 1.82) is 0 Å². The summed E-state index contributed by atoms with van der Waals surface area (Å²) in [6.45, 7) is 3.06. The van der Waals surface area contributed by atoms with Crippen LogP contribution in [0.2, 0.25) is 0 Å². The van der Waals surface area contributed by atoms with Crippen molar-refractivity contribution in [3.05, 3.63) is 71.9 Å². The maximum atomic E-state index is 9.37. The third-order valence-corrected chi connectivity index (χ3v) is 4.26. The van der Waals surface area contributed by atoms with E-state index in [1.165, 1.54) is 11.1 Å². The lowest BCUT2D eigenvalue weighted by Crippen LogP contribution is -2.14. The summed E-state index contributed by atoms with van der Waals surface area (Å²) in [4.78, 5) is 4.48. The fourth-order valence-electron chi connectivity index (χ4n) is 2.98. The van der Waals surface area contributed by atoms with E-state index in [1.54, 1.807) is 0 Å². The first-order valence-corrected chi connectivity index (χ1v) is 8.03. The minimum absolute atomic E-state index is 0.192. The van der Waals surface area contributed by atoms with Crippen LogP contribution in [0.15, 0.2) is 60.8 Å². The summed E-state index contributed by atoms with van der Waals surface area (Å²) in [6, 6.07) is 18.6. The van der Waals surface area contributed by atoms with Crippen molar-refractivity contribution >= 4 is 16.6 Å². The number of aliphatic hydroxyl groups is 1. The van der Waals surface area contributed by atoms with Crippen molar-refractivity contribution in [2.24, 2.45) is 0 Å². The van der Waals surface area contributed by atoms with Crippen molar-refractivity contribution in [3.8, 4) is 0 Å². The second-order valence-corrected chi connectivity index (χ2v) is 5.83. The maximum Gasteiger partial charge on any atom is 0.0751 e. The lowest BCUT2D eigenvalue weighted by atomic mass is 9.96. The molecule has 3 nitrogen and oxygen atoms in total. The summed E-state index contributed by atoms with van der Waals surface area (Å²) in [7, 11) is 0. The van der Waals surface area contributed by atoms with Crippen LogP contribution >= 0.6 is 0 Å². The number of aliphatic hydroxyl groups excluding tert-OH is 1. The predicted octanol–water partition coefficient (Wildman–Crippen LogP) is 4.12. The molecule has 0 bridgehead atoms. The molecule has 1 heterocycles. The van der Waals surface area contributed by atoms with Gasteiger partial charge in [0.1, 0.15) is 0 Å². The lowest BCUT2D eigenvalue weighted by molar-refractivity contribution is 0.277. The van der Waals surface area contributed by atoms with E-state index in [4.69, 9.17) is 0 Å². The maximum absolute atomic E-state index is 9.37. The minimum Gasteiger partial charge on any atom is -0.396 e. The monoisotopic (exact) mass is 306 g/mol. The second kappa shape index (κ2) is 7.25. The van der Waals surface area contributed by atoms with Gasteiger partial charge in [-0.3, -0.25) is 4.98 Å². The van der Waals surface area contributed by atoms with Crippen molar-refractivity contribution in [1.82, 2.24) is 4.98 Å². The van der Waals surface area contributed by atoms with E-state index in [1.807, 2.05) is 30.5 Å². The number of nitrogens with zero attached hydrogens (tertiary/aromatic N) is 1. The molecule has 0 saturated heterocycles. The number of hydrogen-bond acceptors (Lipinski definition) is 3. The number of hydrogen-bond donors (Lipinski definition) is 2. The number of fused-ring (bicyclic) bond motifs is 1. The van der Waals surface area contributed by atoms with Gasteiger partial charge >= 0.3 is 0 Å². The van der Waals surface area contributed by atoms with Crippen LogP contribution in [0.25, 0.3) is 10.9 Å². The molecule has 1 unspecified atom stereocenters. The van der Waals surface area contributed by atoms with E-state index in [2.05, 4.69) is 47.6 Å². The van der Waals surface area contributed by atoms with Crippen molar-refractivity contribution < 1.29 is 5.11 Å². The molecule has 1 aromatic heterocycles. The SMILES string of the molecule is Cc1cccc2c(NCC(CCO)c3ccccc3)ccnc12. The molecule has 1 atom stereocenters. The van der Waals surface area contributed by atoms with E-state index in [0.717, 1.165) is 29.6 Å². The fraction of sp³-hybridized carbons (Fsp3) is 0.250. The highest BCUT2D eigenvalue weighted by molar-refractivity contribution is 5.92. The summed E-state index contributed by atoms with van der Waals surface area (Å²) < 4.78 is 0. The van der Waals surface area contributed by atoms with Crippen LogP contribution in [0.1, 0.15) is 23.5 Å². The van der Waals surface area contributed by atoms with Crippen LogP contribution in [-0.4, -0.2) is 23.2 Å². The Balaban J connectivity index is 1.83. The zero-order valence-corrected chi connectivity index (χ0v) is 13.4. The molecule has 3 rings (SSSR count). The Bertz CT molecular complexity index is 771. The third-order valence-electron chi connectivity index (χ3n) is 4.26. The number of pyridine rings is 1. The van der Waals surface area contributed by atoms with E-state index in [-0.39, 0.29) is 12.5 Å². The Morgan fingerprint density at radius 2 is 1.87 bits per heavy atom. The molecule has 3 aromatic rings. The van der Waals surface area contributed by atoms with Gasteiger partial charge in [0.05, 0.1) is 5.52 Å². The van der Waals surface area contributed by atoms with Crippen LogP contribution in [0.3, 0.4) is 0 Å². The Morgan fingerprint density at radius 3 is 2.65 bits per heavy atom.